The quantitative estimate of drug-likeness (QED) is 0.311. The molecule has 0 aliphatic carbocycles. The van der Waals surface area contributed by atoms with E-state index in [2.05, 4.69) is 0 Å². The first kappa shape index (κ1) is 20.3. The predicted octanol–water partition coefficient (Wildman–Crippen LogP) is 2.58. The highest BCUT2D eigenvalue weighted by molar-refractivity contribution is 6.60. The molecule has 0 aromatic carbocycles. The van der Waals surface area contributed by atoms with Crippen molar-refractivity contribution in [2.24, 2.45) is 0 Å². The SMILES string of the molecule is COC(C)O[Si](CCCCl)(OC(C)OC)OC(C)OC. The van der Waals surface area contributed by atoms with Gasteiger partial charge in [-0.25, -0.2) is 0 Å². The molecule has 20 heavy (non-hydrogen) atoms. The van der Waals surface area contributed by atoms with E-state index in [1.807, 2.05) is 0 Å². The molecule has 6 nitrogen and oxygen atoms in total. The third kappa shape index (κ3) is 7.89. The largest absolute Gasteiger partial charge is 0.506 e. The molecule has 0 saturated carbocycles. The van der Waals surface area contributed by atoms with E-state index in [-0.39, 0.29) is 0 Å². The third-order valence-electron chi connectivity index (χ3n) is 2.65. The summed E-state index contributed by atoms with van der Waals surface area (Å²) >= 11 is 5.78. The molecule has 0 aromatic rings. The van der Waals surface area contributed by atoms with E-state index < -0.39 is 27.7 Å². The Morgan fingerprint density at radius 2 is 1.15 bits per heavy atom. The zero-order valence-corrected chi connectivity index (χ0v) is 14.9. The van der Waals surface area contributed by atoms with Crippen molar-refractivity contribution in [3.8, 4) is 0 Å². The Hall–Kier alpha value is 0.267. The Bertz CT molecular complexity index is 215. The van der Waals surface area contributed by atoms with Crippen LogP contribution in [0.1, 0.15) is 27.2 Å². The normalized spacial score (nSPS) is 19.4. The Kier molecular flexibility index (Phi) is 11.1. The topological polar surface area (TPSA) is 55.4 Å². The van der Waals surface area contributed by atoms with E-state index in [0.29, 0.717) is 18.3 Å². The molecule has 0 aromatic heterocycles. The average Bonchev–Trinajstić information content (AvgIpc) is 2.44. The summed E-state index contributed by atoms with van der Waals surface area (Å²) in [6, 6.07) is 0.561. The number of alkyl halides is 1. The average molecular weight is 331 g/mol. The van der Waals surface area contributed by atoms with Crippen LogP contribution >= 0.6 is 11.6 Å². The van der Waals surface area contributed by atoms with Crippen LogP contribution in [0, 0.1) is 0 Å². The van der Waals surface area contributed by atoms with Crippen molar-refractivity contribution in [3.05, 3.63) is 0 Å². The summed E-state index contributed by atoms with van der Waals surface area (Å²) in [5.74, 6) is 0.495. The van der Waals surface area contributed by atoms with Gasteiger partial charge in [0.05, 0.1) is 0 Å². The second kappa shape index (κ2) is 10.9. The molecular formula is C12H27ClO6Si. The van der Waals surface area contributed by atoms with Gasteiger partial charge in [0.1, 0.15) is 18.9 Å². The second-order valence-corrected chi connectivity index (χ2v) is 7.19. The van der Waals surface area contributed by atoms with Crippen LogP contribution in [-0.2, 0) is 27.5 Å². The minimum Gasteiger partial charge on any atom is -0.357 e. The molecule has 0 aliphatic heterocycles. The molecule has 0 rings (SSSR count). The lowest BCUT2D eigenvalue weighted by molar-refractivity contribution is -0.163. The van der Waals surface area contributed by atoms with Crippen molar-refractivity contribution in [2.75, 3.05) is 27.2 Å². The zero-order chi connectivity index (χ0) is 15.6. The molecular weight excluding hydrogens is 304 g/mol. The van der Waals surface area contributed by atoms with Crippen LogP contribution in [0.2, 0.25) is 6.04 Å². The lowest BCUT2D eigenvalue weighted by atomic mass is 10.6. The number of methoxy groups -OCH3 is 3. The highest BCUT2D eigenvalue weighted by Gasteiger charge is 2.45. The predicted molar refractivity (Wildman–Crippen MR) is 78.6 cm³/mol. The molecule has 8 heteroatoms. The van der Waals surface area contributed by atoms with Crippen LogP contribution in [-0.4, -0.2) is 54.9 Å². The first-order valence-electron chi connectivity index (χ1n) is 6.60. The summed E-state index contributed by atoms with van der Waals surface area (Å²) in [7, 11) is 1.65. The zero-order valence-electron chi connectivity index (χ0n) is 13.2. The molecule has 122 valence electrons. The Morgan fingerprint density at radius 3 is 1.40 bits per heavy atom. The van der Waals surface area contributed by atoms with Crippen molar-refractivity contribution >= 4 is 20.4 Å². The second-order valence-electron chi connectivity index (χ2n) is 4.24. The van der Waals surface area contributed by atoms with Gasteiger partial charge in [-0.3, -0.25) is 0 Å². The minimum atomic E-state index is -3.03. The molecule has 0 heterocycles. The fourth-order valence-electron chi connectivity index (χ4n) is 1.45. The van der Waals surface area contributed by atoms with Crippen molar-refractivity contribution < 1.29 is 27.5 Å². The molecule has 0 aliphatic rings. The van der Waals surface area contributed by atoms with Crippen LogP contribution in [0.5, 0.6) is 0 Å². The Morgan fingerprint density at radius 1 is 0.800 bits per heavy atom. The first-order valence-corrected chi connectivity index (χ1v) is 9.07. The Balaban J connectivity index is 5.03. The van der Waals surface area contributed by atoms with Gasteiger partial charge in [0.2, 0.25) is 0 Å². The van der Waals surface area contributed by atoms with Gasteiger partial charge < -0.3 is 27.5 Å². The number of halogens is 1. The number of rotatable bonds is 12. The summed E-state index contributed by atoms with van der Waals surface area (Å²) in [6.07, 6.45) is -0.655. The van der Waals surface area contributed by atoms with Crippen molar-refractivity contribution in [3.63, 3.8) is 0 Å². The van der Waals surface area contributed by atoms with E-state index >= 15 is 0 Å². The first-order chi connectivity index (χ1) is 9.42. The van der Waals surface area contributed by atoms with Crippen LogP contribution in [0.3, 0.4) is 0 Å². The maximum absolute atomic E-state index is 5.89. The molecule has 0 fully saturated rings. The molecule has 3 unspecified atom stereocenters. The van der Waals surface area contributed by atoms with Gasteiger partial charge in [-0.15, -0.1) is 11.6 Å². The summed E-state index contributed by atoms with van der Waals surface area (Å²) in [5.41, 5.74) is 0. The number of hydrogen-bond acceptors (Lipinski definition) is 6. The lowest BCUT2D eigenvalue weighted by Gasteiger charge is -2.35. The Labute approximate surface area is 127 Å². The minimum absolute atomic E-state index is 0.454. The van der Waals surface area contributed by atoms with Gasteiger partial charge in [-0.2, -0.15) is 0 Å². The highest BCUT2D eigenvalue weighted by atomic mass is 35.5. The maximum Gasteiger partial charge on any atom is 0.506 e. The van der Waals surface area contributed by atoms with Crippen molar-refractivity contribution in [1.29, 1.82) is 0 Å². The van der Waals surface area contributed by atoms with E-state index in [0.717, 1.165) is 0 Å². The molecule has 3 atom stereocenters. The van der Waals surface area contributed by atoms with Crippen LogP contribution < -0.4 is 0 Å². The van der Waals surface area contributed by atoms with Gasteiger partial charge in [0.25, 0.3) is 0 Å². The fourth-order valence-corrected chi connectivity index (χ4v) is 4.74. The lowest BCUT2D eigenvalue weighted by Crippen LogP contribution is -2.52. The number of hydrogen-bond donors (Lipinski definition) is 0. The van der Waals surface area contributed by atoms with Gasteiger partial charge >= 0.3 is 8.80 Å². The molecule has 0 amide bonds. The molecule has 0 N–H and O–H groups in total. The standard InChI is InChI=1S/C12H27ClO6Si/c1-10(14-4)17-20(9-7-8-13,18-11(2)15-5)19-12(3)16-6/h10-12H,7-9H2,1-6H3. The molecule has 0 radical (unpaired) electrons. The monoisotopic (exact) mass is 330 g/mol. The van der Waals surface area contributed by atoms with Gasteiger partial charge in [0, 0.05) is 33.3 Å². The smallest absolute Gasteiger partial charge is 0.357 e. The van der Waals surface area contributed by atoms with E-state index in [4.69, 9.17) is 39.1 Å². The van der Waals surface area contributed by atoms with Gasteiger partial charge in [0.15, 0.2) is 0 Å². The fraction of sp³-hybridized carbons (Fsp3) is 1.00. The molecule has 0 spiro atoms. The summed E-state index contributed by atoms with van der Waals surface area (Å²) in [6.45, 7) is 5.35. The molecule has 0 bridgehead atoms. The third-order valence-corrected chi connectivity index (χ3v) is 5.96. The van der Waals surface area contributed by atoms with Gasteiger partial charge in [-0.1, -0.05) is 0 Å². The van der Waals surface area contributed by atoms with Gasteiger partial charge in [-0.05, 0) is 27.2 Å². The summed E-state index contributed by atoms with van der Waals surface area (Å²) < 4.78 is 33.1. The highest BCUT2D eigenvalue weighted by Crippen LogP contribution is 2.24. The number of ether oxygens (including phenoxy) is 3. The van der Waals surface area contributed by atoms with E-state index in [9.17, 15) is 0 Å². The summed E-state index contributed by atoms with van der Waals surface area (Å²) in [5, 5.41) is 0. The van der Waals surface area contributed by atoms with Crippen LogP contribution in [0.15, 0.2) is 0 Å². The van der Waals surface area contributed by atoms with Crippen molar-refractivity contribution in [2.45, 2.75) is 52.1 Å². The summed E-state index contributed by atoms with van der Waals surface area (Å²) in [4.78, 5) is 0. The van der Waals surface area contributed by atoms with Crippen molar-refractivity contribution in [1.82, 2.24) is 0 Å². The molecule has 0 saturated heterocycles. The maximum atomic E-state index is 5.89. The van der Waals surface area contributed by atoms with Crippen LogP contribution in [0.25, 0.3) is 0 Å². The van der Waals surface area contributed by atoms with E-state index in [1.54, 1.807) is 42.1 Å². The van der Waals surface area contributed by atoms with E-state index in [1.165, 1.54) is 0 Å². The van der Waals surface area contributed by atoms with Crippen LogP contribution in [0.4, 0.5) is 0 Å².